The Morgan fingerprint density at radius 2 is 1.77 bits per heavy atom. The van der Waals surface area contributed by atoms with Gasteiger partial charge in [-0.05, 0) is 125 Å². The van der Waals surface area contributed by atoms with Crippen molar-refractivity contribution in [3.05, 3.63) is 71.5 Å². The largest absolute Gasteiger partial charge is 0.508 e. The number of carbonyl (C=O) groups excluding carboxylic acids is 5. The Labute approximate surface area is 406 Å². The molecule has 6 atom stereocenters. The first kappa shape index (κ1) is 51.0. The van der Waals surface area contributed by atoms with Crippen LogP contribution in [0.4, 0.5) is 0 Å². The van der Waals surface area contributed by atoms with E-state index in [-0.39, 0.29) is 61.7 Å². The summed E-state index contributed by atoms with van der Waals surface area (Å²) in [5.74, 6) is -2.62. The predicted molar refractivity (Wildman–Crippen MR) is 265 cm³/mol. The van der Waals surface area contributed by atoms with Crippen molar-refractivity contribution < 1.29 is 38.6 Å². The van der Waals surface area contributed by atoms with Crippen LogP contribution in [-0.2, 0) is 52.8 Å². The van der Waals surface area contributed by atoms with Gasteiger partial charge in [-0.2, -0.15) is 0 Å². The average molecular weight is 949 g/mol. The van der Waals surface area contributed by atoms with E-state index in [9.17, 15) is 29.1 Å². The molecule has 69 heavy (non-hydrogen) atoms. The molecule has 5 heterocycles. The van der Waals surface area contributed by atoms with Gasteiger partial charge in [0.25, 0.3) is 5.91 Å². The topological polar surface area (TPSA) is 179 Å². The Morgan fingerprint density at radius 3 is 2.46 bits per heavy atom. The number of hydrogen-bond acceptors (Lipinski definition) is 11. The highest BCUT2D eigenvalue weighted by molar-refractivity contribution is 5.96. The van der Waals surface area contributed by atoms with Gasteiger partial charge < -0.3 is 34.3 Å². The van der Waals surface area contributed by atoms with Gasteiger partial charge in [-0.25, -0.2) is 5.43 Å². The van der Waals surface area contributed by atoms with Gasteiger partial charge in [0.15, 0.2) is 0 Å². The molecular formula is C53H72N8O8. The van der Waals surface area contributed by atoms with Crippen LogP contribution in [0.25, 0.3) is 33.3 Å². The third kappa shape index (κ3) is 10.8. The molecule has 16 nitrogen and oxygen atoms in total. The van der Waals surface area contributed by atoms with Crippen LogP contribution in [0.1, 0.15) is 90.7 Å². The summed E-state index contributed by atoms with van der Waals surface area (Å²) in [5.41, 5.74) is 9.55. The van der Waals surface area contributed by atoms with E-state index in [4.69, 9.17) is 14.5 Å². The maximum Gasteiger partial charge on any atom is 0.324 e. The Morgan fingerprint density at radius 1 is 1.01 bits per heavy atom. The molecule has 16 heteroatoms. The number of nitrogens with zero attached hydrogens (tertiary/aromatic N) is 6. The number of carbonyl (C=O) groups is 5. The Bertz CT molecular complexity index is 2570. The number of benzene rings is 2. The van der Waals surface area contributed by atoms with Crippen molar-refractivity contribution in [1.29, 1.82) is 0 Å². The van der Waals surface area contributed by atoms with Crippen molar-refractivity contribution in [1.82, 2.24) is 40.0 Å². The zero-order valence-electron chi connectivity index (χ0n) is 42.3. The number of hydrogen-bond donors (Lipinski definition) is 3. The number of pyridine rings is 1. The fourth-order valence-corrected chi connectivity index (χ4v) is 10.3. The summed E-state index contributed by atoms with van der Waals surface area (Å²) in [5, 5.41) is 16.8. The molecule has 3 aliphatic rings. The molecule has 2 aromatic heterocycles. The van der Waals surface area contributed by atoms with Gasteiger partial charge in [-0.1, -0.05) is 39.8 Å². The molecule has 2 saturated heterocycles. The highest BCUT2D eigenvalue weighted by atomic mass is 16.5. The van der Waals surface area contributed by atoms with Crippen molar-refractivity contribution in [2.75, 3.05) is 54.5 Å². The molecule has 0 spiro atoms. The first-order valence-electron chi connectivity index (χ1n) is 24.5. The number of ether oxygens (including phenoxy) is 2. The highest BCUT2D eigenvalue weighted by Crippen LogP contribution is 2.42. The lowest BCUT2D eigenvalue weighted by Crippen LogP contribution is -2.62. The number of methoxy groups -OCH3 is 1. The monoisotopic (exact) mass is 949 g/mol. The van der Waals surface area contributed by atoms with Crippen molar-refractivity contribution in [2.24, 2.45) is 17.3 Å². The van der Waals surface area contributed by atoms with E-state index in [0.717, 1.165) is 44.5 Å². The second kappa shape index (κ2) is 21.0. The molecule has 2 aromatic carbocycles. The van der Waals surface area contributed by atoms with Gasteiger partial charge in [0.2, 0.25) is 17.7 Å². The number of hydrazine groups is 1. The lowest BCUT2D eigenvalue weighted by Gasteiger charge is -2.37. The summed E-state index contributed by atoms with van der Waals surface area (Å²) in [6.07, 6.45) is 3.45. The molecule has 3 aliphatic heterocycles. The van der Waals surface area contributed by atoms with Gasteiger partial charge in [0.05, 0.1) is 36.1 Å². The van der Waals surface area contributed by atoms with Gasteiger partial charge in [0, 0.05) is 74.8 Å². The van der Waals surface area contributed by atoms with Gasteiger partial charge in [0.1, 0.15) is 23.9 Å². The van der Waals surface area contributed by atoms with Crippen molar-refractivity contribution in [3.63, 3.8) is 0 Å². The minimum Gasteiger partial charge on any atom is -0.508 e. The van der Waals surface area contributed by atoms with Crippen molar-refractivity contribution in [2.45, 2.75) is 117 Å². The Hall–Kier alpha value is -5.84. The van der Waals surface area contributed by atoms with Crippen LogP contribution >= 0.6 is 0 Å². The number of nitrogens with one attached hydrogen (secondary N) is 2. The first-order valence-corrected chi connectivity index (χ1v) is 24.5. The lowest BCUT2D eigenvalue weighted by molar-refractivity contribution is -0.155. The molecule has 0 radical (unpaired) electrons. The van der Waals surface area contributed by atoms with Crippen LogP contribution in [0.15, 0.2) is 54.7 Å². The van der Waals surface area contributed by atoms with E-state index in [1.807, 2.05) is 64.9 Å². The van der Waals surface area contributed by atoms with Crippen molar-refractivity contribution >= 4 is 40.5 Å². The number of aromatic hydroxyl groups is 1. The number of phenols is 1. The summed E-state index contributed by atoms with van der Waals surface area (Å²) in [6, 6.07) is 12.2. The van der Waals surface area contributed by atoms with Crippen LogP contribution in [0, 0.1) is 17.3 Å². The van der Waals surface area contributed by atoms with Gasteiger partial charge >= 0.3 is 5.97 Å². The summed E-state index contributed by atoms with van der Waals surface area (Å²) < 4.78 is 14.2. The molecule has 1 unspecified atom stereocenters. The molecular weight excluding hydrogens is 877 g/mol. The standard InChI is InChI=1S/C53H72N8O8/c1-12-60-44-18-17-35-27-40(44)41(47(60)39-15-13-20-54-45(39)33(5)68-11)28-53(6,7)30-69-52(67)42-16-14-21-61(56-42)51(66)43(25-34-23-37(35)26-38(62)24-34)55-48(63)46(31(2)3)58(10)50(65)36-19-22-59(29-36)49(64)32(4)57(8)9/h13,15,17-18,20,23-24,26-27,31-33,36,42-43,46,56,62H,12,14,16,19,21-22,25,28-30H2,1-11H3,(H,55,63)/t32-,33-,36-,42-,43-,46?/m0/s1. The number of amides is 4. The smallest absolute Gasteiger partial charge is 0.324 e. The predicted octanol–water partition coefficient (Wildman–Crippen LogP) is 5.73. The van der Waals surface area contributed by atoms with Crippen LogP contribution in [-0.4, -0.2) is 143 Å². The van der Waals surface area contributed by atoms with Crippen LogP contribution in [0.5, 0.6) is 5.75 Å². The molecule has 2 fully saturated rings. The Kier molecular flexibility index (Phi) is 15.5. The zero-order chi connectivity index (χ0) is 50.1. The fraction of sp³-hybridized carbons (Fsp3) is 0.547. The van der Waals surface area contributed by atoms with Gasteiger partial charge in [-0.3, -0.25) is 38.9 Å². The van der Waals surface area contributed by atoms with Crippen LogP contribution in [0.3, 0.4) is 0 Å². The summed E-state index contributed by atoms with van der Waals surface area (Å²) in [6.45, 7) is 15.5. The zero-order valence-corrected chi connectivity index (χ0v) is 42.3. The maximum absolute atomic E-state index is 14.8. The number of likely N-dealkylation sites (N-methyl/N-ethyl adjacent to an activating group) is 2. The molecule has 3 N–H and O–H groups in total. The number of esters is 1. The molecule has 0 aliphatic carbocycles. The summed E-state index contributed by atoms with van der Waals surface area (Å²) in [4.78, 5) is 80.5. The number of aromatic nitrogens is 2. The van der Waals surface area contributed by atoms with Crippen LogP contribution in [0.2, 0.25) is 0 Å². The number of fused-ring (bicyclic) bond motifs is 6. The average Bonchev–Trinajstić information content (AvgIpc) is 3.94. The lowest BCUT2D eigenvalue weighted by atomic mass is 9.84. The molecule has 0 saturated carbocycles. The molecule has 6 bridgehead atoms. The number of cyclic esters (lactones) is 1. The number of aryl methyl sites for hydroxylation is 1. The number of rotatable bonds is 11. The van der Waals surface area contributed by atoms with E-state index >= 15 is 0 Å². The van der Waals surface area contributed by atoms with E-state index in [1.165, 1.54) is 9.91 Å². The number of phenolic OH excluding ortho intramolecular Hbond substituents is 1. The SMILES string of the molecule is CCn1c(-c2cccnc2[C@H](C)OC)c2c3cc(ccc31)-c1cc(O)cc(c1)C[C@H](NC(=O)C(C(C)C)N(C)C(=O)[C@H]1CCN(C(=O)[C@H](C)N(C)C)C1)C(=O)N1CCC[C@H](N1)C(=O)OCC(C)(C)C2. The third-order valence-electron chi connectivity index (χ3n) is 14.3. The second-order valence-corrected chi connectivity index (χ2v) is 20.6. The maximum atomic E-state index is 14.8. The third-order valence-corrected chi connectivity index (χ3v) is 14.3. The van der Waals surface area contributed by atoms with E-state index in [0.29, 0.717) is 44.3 Å². The van der Waals surface area contributed by atoms with Crippen LogP contribution < -0.4 is 10.7 Å². The van der Waals surface area contributed by atoms with E-state index in [1.54, 1.807) is 37.4 Å². The summed E-state index contributed by atoms with van der Waals surface area (Å²) >= 11 is 0. The minimum absolute atomic E-state index is 0.00892. The van der Waals surface area contributed by atoms with Gasteiger partial charge in [-0.15, -0.1) is 0 Å². The normalized spacial score (nSPS) is 21.2. The number of likely N-dealkylation sites (tertiary alicyclic amines) is 1. The molecule has 4 amide bonds. The molecule has 7 rings (SSSR count). The molecule has 4 aromatic rings. The van der Waals surface area contributed by atoms with E-state index in [2.05, 4.69) is 54.3 Å². The minimum atomic E-state index is -1.16. The first-order chi connectivity index (χ1) is 32.7. The molecule has 372 valence electrons. The Balaban J connectivity index is 1.28. The summed E-state index contributed by atoms with van der Waals surface area (Å²) in [7, 11) is 6.96. The fourth-order valence-electron chi connectivity index (χ4n) is 10.3. The van der Waals surface area contributed by atoms with Crippen molar-refractivity contribution in [3.8, 4) is 28.1 Å². The quantitative estimate of drug-likeness (QED) is 0.156. The highest BCUT2D eigenvalue weighted by Gasteiger charge is 2.41. The van der Waals surface area contributed by atoms with E-state index < -0.39 is 47.2 Å². The second-order valence-electron chi connectivity index (χ2n) is 20.6.